The molecule has 0 saturated carbocycles. The molecule has 4 rings (SSSR count). The molecule has 2 amide bonds. The number of carbonyl (C=O) groups excluding carboxylic acids is 2. The van der Waals surface area contributed by atoms with Crippen LogP contribution in [0.4, 0.5) is 5.69 Å². The Labute approximate surface area is 189 Å². The van der Waals surface area contributed by atoms with Crippen molar-refractivity contribution in [3.63, 3.8) is 0 Å². The predicted octanol–water partition coefficient (Wildman–Crippen LogP) is 6.02. The topological polar surface area (TPSA) is 49.4 Å². The molecule has 0 spiro atoms. The zero-order chi connectivity index (χ0) is 21.1. The molecule has 0 radical (unpaired) electrons. The molecule has 1 unspecified atom stereocenters. The Kier molecular flexibility index (Phi) is 6.32. The second-order valence-electron chi connectivity index (χ2n) is 6.85. The number of rotatable bonds is 5. The number of amides is 2. The van der Waals surface area contributed by atoms with Crippen LogP contribution in [-0.4, -0.2) is 22.5 Å². The molecule has 3 aromatic carbocycles. The Morgan fingerprint density at radius 2 is 1.73 bits per heavy atom. The molecular weight excluding hydrogens is 439 g/mol. The summed E-state index contributed by atoms with van der Waals surface area (Å²) in [4.78, 5) is 26.9. The van der Waals surface area contributed by atoms with Gasteiger partial charge in [-0.2, -0.15) is 0 Å². The normalized spacial score (nSPS) is 16.0. The van der Waals surface area contributed by atoms with Crippen LogP contribution in [0.1, 0.15) is 26.9 Å². The van der Waals surface area contributed by atoms with Crippen molar-refractivity contribution in [2.24, 2.45) is 0 Å². The number of thioether (sulfide) groups is 1. The van der Waals surface area contributed by atoms with Crippen LogP contribution in [-0.2, 0) is 11.3 Å². The number of nitrogens with one attached hydrogen (secondary N) is 1. The van der Waals surface area contributed by atoms with Gasteiger partial charge in [0.1, 0.15) is 5.37 Å². The molecule has 3 aromatic rings. The number of carbonyl (C=O) groups is 2. The Morgan fingerprint density at radius 1 is 1.00 bits per heavy atom. The van der Waals surface area contributed by atoms with Crippen molar-refractivity contribution in [2.75, 3.05) is 11.1 Å². The molecule has 30 heavy (non-hydrogen) atoms. The lowest BCUT2D eigenvalue weighted by Gasteiger charge is -2.24. The van der Waals surface area contributed by atoms with Crippen LogP contribution in [0.5, 0.6) is 0 Å². The highest BCUT2D eigenvalue weighted by atomic mass is 35.5. The van der Waals surface area contributed by atoms with Crippen molar-refractivity contribution >= 4 is 52.5 Å². The monoisotopic (exact) mass is 456 g/mol. The van der Waals surface area contributed by atoms with Gasteiger partial charge in [0.2, 0.25) is 5.91 Å². The average Bonchev–Trinajstić information content (AvgIpc) is 3.12. The Balaban J connectivity index is 1.49. The summed E-state index contributed by atoms with van der Waals surface area (Å²) in [5, 5.41) is 3.40. The van der Waals surface area contributed by atoms with Crippen LogP contribution >= 0.6 is 35.0 Å². The number of hydrogen-bond donors (Lipinski definition) is 1. The molecule has 152 valence electrons. The van der Waals surface area contributed by atoms with E-state index < -0.39 is 0 Å². The zero-order valence-corrected chi connectivity index (χ0v) is 18.2. The van der Waals surface area contributed by atoms with E-state index >= 15 is 0 Å². The molecule has 0 aromatic heterocycles. The van der Waals surface area contributed by atoms with E-state index in [1.807, 2.05) is 47.4 Å². The third kappa shape index (κ3) is 4.48. The van der Waals surface area contributed by atoms with Crippen LogP contribution in [0.3, 0.4) is 0 Å². The fourth-order valence-corrected chi connectivity index (χ4v) is 4.81. The Hall–Kier alpha value is -2.47. The average molecular weight is 457 g/mol. The summed E-state index contributed by atoms with van der Waals surface area (Å²) in [7, 11) is 0. The first-order valence-electron chi connectivity index (χ1n) is 9.33. The maximum absolute atomic E-state index is 12.6. The minimum absolute atomic E-state index is 0.0720. The van der Waals surface area contributed by atoms with Crippen LogP contribution in [0.25, 0.3) is 0 Å². The van der Waals surface area contributed by atoms with Crippen molar-refractivity contribution in [3.8, 4) is 0 Å². The second kappa shape index (κ2) is 9.13. The van der Waals surface area contributed by atoms with Gasteiger partial charge in [0.05, 0.1) is 21.5 Å². The third-order valence-electron chi connectivity index (χ3n) is 4.82. The standard InChI is InChI=1S/C23H18Cl2N2O2S/c24-18-7-4-8-19(21(18)25)26-22(29)16-9-11-17(12-10-16)23-27(20(28)14-30-23)13-15-5-2-1-3-6-15/h1-12,23H,13-14H2,(H,26,29). The Morgan fingerprint density at radius 3 is 2.47 bits per heavy atom. The summed E-state index contributed by atoms with van der Waals surface area (Å²) in [6.45, 7) is 0.562. The molecule has 1 N–H and O–H groups in total. The van der Waals surface area contributed by atoms with Gasteiger partial charge in [-0.1, -0.05) is 71.7 Å². The fraction of sp³-hybridized carbons (Fsp3) is 0.130. The summed E-state index contributed by atoms with van der Waals surface area (Å²) >= 11 is 13.7. The van der Waals surface area contributed by atoms with E-state index in [4.69, 9.17) is 23.2 Å². The smallest absolute Gasteiger partial charge is 0.255 e. The van der Waals surface area contributed by atoms with Crippen molar-refractivity contribution in [3.05, 3.63) is 99.5 Å². The lowest BCUT2D eigenvalue weighted by Crippen LogP contribution is -2.27. The molecular formula is C23H18Cl2N2O2S. The number of anilines is 1. The highest BCUT2D eigenvalue weighted by Crippen LogP contribution is 2.39. The largest absolute Gasteiger partial charge is 0.322 e. The molecule has 1 saturated heterocycles. The number of benzene rings is 3. The van der Waals surface area contributed by atoms with Gasteiger partial charge in [-0.15, -0.1) is 11.8 Å². The van der Waals surface area contributed by atoms with Gasteiger partial charge < -0.3 is 10.2 Å². The quantitative estimate of drug-likeness (QED) is 0.510. The zero-order valence-electron chi connectivity index (χ0n) is 15.8. The number of halogens is 2. The van der Waals surface area contributed by atoms with Gasteiger partial charge in [0.15, 0.2) is 0 Å². The minimum Gasteiger partial charge on any atom is -0.322 e. The van der Waals surface area contributed by atoms with Crippen molar-refractivity contribution < 1.29 is 9.59 Å². The highest BCUT2D eigenvalue weighted by molar-refractivity contribution is 8.00. The molecule has 1 aliphatic rings. The SMILES string of the molecule is O=C(Nc1cccc(Cl)c1Cl)c1ccc(C2SCC(=O)N2Cc2ccccc2)cc1. The lowest BCUT2D eigenvalue weighted by molar-refractivity contribution is -0.128. The minimum atomic E-state index is -0.276. The summed E-state index contributed by atoms with van der Waals surface area (Å²) in [5.74, 6) is 0.292. The first-order valence-corrected chi connectivity index (χ1v) is 11.1. The first kappa shape index (κ1) is 20.8. The van der Waals surface area contributed by atoms with Crippen molar-refractivity contribution in [1.82, 2.24) is 4.90 Å². The molecule has 1 fully saturated rings. The highest BCUT2D eigenvalue weighted by Gasteiger charge is 2.32. The van der Waals surface area contributed by atoms with Gasteiger partial charge in [0.25, 0.3) is 5.91 Å². The van der Waals surface area contributed by atoms with E-state index in [0.29, 0.717) is 33.6 Å². The van der Waals surface area contributed by atoms with Gasteiger partial charge >= 0.3 is 0 Å². The molecule has 1 aliphatic heterocycles. The lowest BCUT2D eigenvalue weighted by atomic mass is 10.1. The molecule has 1 heterocycles. The predicted molar refractivity (Wildman–Crippen MR) is 123 cm³/mol. The van der Waals surface area contributed by atoms with Gasteiger partial charge in [0, 0.05) is 12.1 Å². The summed E-state index contributed by atoms with van der Waals surface area (Å²) in [6, 6.07) is 22.3. The van der Waals surface area contributed by atoms with Gasteiger partial charge in [-0.05, 0) is 35.4 Å². The van der Waals surface area contributed by atoms with E-state index in [-0.39, 0.29) is 17.2 Å². The van der Waals surface area contributed by atoms with E-state index in [2.05, 4.69) is 5.32 Å². The number of hydrogen-bond acceptors (Lipinski definition) is 3. The van der Waals surface area contributed by atoms with Crippen LogP contribution in [0, 0.1) is 0 Å². The second-order valence-corrected chi connectivity index (χ2v) is 8.70. The van der Waals surface area contributed by atoms with Gasteiger partial charge in [-0.25, -0.2) is 0 Å². The van der Waals surface area contributed by atoms with E-state index in [9.17, 15) is 9.59 Å². The van der Waals surface area contributed by atoms with Crippen LogP contribution < -0.4 is 5.32 Å². The van der Waals surface area contributed by atoms with E-state index in [0.717, 1.165) is 11.1 Å². The van der Waals surface area contributed by atoms with Gasteiger partial charge in [-0.3, -0.25) is 9.59 Å². The fourth-order valence-electron chi connectivity index (χ4n) is 3.28. The first-order chi connectivity index (χ1) is 14.5. The molecule has 0 bridgehead atoms. The number of nitrogens with zero attached hydrogens (tertiary/aromatic N) is 1. The maximum atomic E-state index is 12.6. The third-order valence-corrected chi connectivity index (χ3v) is 6.90. The molecule has 4 nitrogen and oxygen atoms in total. The van der Waals surface area contributed by atoms with E-state index in [1.54, 1.807) is 42.1 Å². The maximum Gasteiger partial charge on any atom is 0.255 e. The summed E-state index contributed by atoms with van der Waals surface area (Å²) in [6.07, 6.45) is 0. The van der Waals surface area contributed by atoms with Crippen LogP contribution in [0.2, 0.25) is 10.0 Å². The van der Waals surface area contributed by atoms with Crippen molar-refractivity contribution in [2.45, 2.75) is 11.9 Å². The summed E-state index contributed by atoms with van der Waals surface area (Å²) < 4.78 is 0. The molecule has 1 atom stereocenters. The Bertz CT molecular complexity index is 1070. The molecule has 7 heteroatoms. The van der Waals surface area contributed by atoms with E-state index in [1.165, 1.54) is 0 Å². The van der Waals surface area contributed by atoms with Crippen LogP contribution in [0.15, 0.2) is 72.8 Å². The molecule has 0 aliphatic carbocycles. The van der Waals surface area contributed by atoms with Crippen molar-refractivity contribution in [1.29, 1.82) is 0 Å². The summed E-state index contributed by atoms with van der Waals surface area (Å²) in [5.41, 5.74) is 3.04.